The molecule has 3 aromatic heterocycles. The molecule has 5 rings (SSSR count). The van der Waals surface area contributed by atoms with E-state index in [1.165, 1.54) is 40.8 Å². The van der Waals surface area contributed by atoms with Gasteiger partial charge in [0.25, 0.3) is 0 Å². The summed E-state index contributed by atoms with van der Waals surface area (Å²) in [5.74, 6) is -0.388. The molecule has 1 aliphatic rings. The van der Waals surface area contributed by atoms with Crippen molar-refractivity contribution < 1.29 is 22.3 Å². The Morgan fingerprint density at radius 3 is 2.49 bits per heavy atom. The molecule has 35 heavy (non-hydrogen) atoms. The van der Waals surface area contributed by atoms with Crippen molar-refractivity contribution in [2.75, 3.05) is 20.2 Å². The Balaban J connectivity index is 0.00000171. The molecule has 0 bridgehead atoms. The third kappa shape index (κ3) is 4.86. The number of nitrogens with zero attached hydrogens (tertiary/aromatic N) is 5. The van der Waals surface area contributed by atoms with Crippen LogP contribution >= 0.6 is 24.8 Å². The minimum Gasteiger partial charge on any atom is -0.494 e. The molecule has 0 amide bonds. The normalized spacial score (nSPS) is 17.3. The van der Waals surface area contributed by atoms with E-state index < -0.39 is 18.0 Å². The van der Waals surface area contributed by atoms with Gasteiger partial charge in [0.15, 0.2) is 23.0 Å². The minimum absolute atomic E-state index is 0. The van der Waals surface area contributed by atoms with Crippen molar-refractivity contribution in [1.82, 2.24) is 24.5 Å². The molecule has 2 atom stereocenters. The predicted octanol–water partition coefficient (Wildman–Crippen LogP) is 4.57. The first-order valence-electron chi connectivity index (χ1n) is 10.3. The van der Waals surface area contributed by atoms with Gasteiger partial charge in [0.2, 0.25) is 0 Å². The molecule has 13 heteroatoms. The van der Waals surface area contributed by atoms with Gasteiger partial charge in [-0.25, -0.2) is 9.37 Å². The Kier molecular flexibility index (Phi) is 7.75. The van der Waals surface area contributed by atoms with Gasteiger partial charge in [0.05, 0.1) is 7.11 Å². The molecule has 0 spiro atoms. The fourth-order valence-electron chi connectivity index (χ4n) is 4.32. The number of halogens is 6. The number of alkyl halides is 3. The lowest BCUT2D eigenvalue weighted by molar-refractivity contribution is -0.183. The number of likely N-dealkylation sites (tertiary alicyclic amines) is 1. The zero-order valence-corrected chi connectivity index (χ0v) is 20.0. The molecule has 1 fully saturated rings. The van der Waals surface area contributed by atoms with E-state index in [0.29, 0.717) is 17.5 Å². The average molecular weight is 533 g/mol. The molecule has 0 saturated carbocycles. The molecule has 2 N–H and O–H groups in total. The minimum atomic E-state index is -4.49. The summed E-state index contributed by atoms with van der Waals surface area (Å²) in [5, 5.41) is 8.69. The summed E-state index contributed by atoms with van der Waals surface area (Å²) < 4.78 is 63.3. The molecule has 0 aliphatic carbocycles. The molecule has 4 heterocycles. The third-order valence-corrected chi connectivity index (χ3v) is 5.89. The monoisotopic (exact) mass is 532 g/mol. The molecule has 0 radical (unpaired) electrons. The third-order valence-electron chi connectivity index (χ3n) is 5.89. The van der Waals surface area contributed by atoms with Crippen LogP contribution in [-0.2, 0) is 0 Å². The second-order valence-corrected chi connectivity index (χ2v) is 8.05. The van der Waals surface area contributed by atoms with Crippen LogP contribution in [0.1, 0.15) is 18.0 Å². The Morgan fingerprint density at radius 1 is 1.09 bits per heavy atom. The second-order valence-electron chi connectivity index (χ2n) is 8.05. The van der Waals surface area contributed by atoms with Gasteiger partial charge in [-0.2, -0.15) is 13.2 Å². The van der Waals surface area contributed by atoms with Gasteiger partial charge in [-0.3, -0.25) is 9.30 Å². The SMILES string of the molecule is COc1ccc2ccc(-c3nnc4ccc([C@@H](N5CC[C@H](N)C5)C(F)(F)F)cn34)nc2c1F.Cl.Cl. The van der Waals surface area contributed by atoms with Gasteiger partial charge in [0, 0.05) is 30.7 Å². The highest BCUT2D eigenvalue weighted by molar-refractivity contribution is 5.85. The van der Waals surface area contributed by atoms with E-state index in [1.807, 2.05) is 0 Å². The molecule has 188 valence electrons. The molecule has 0 unspecified atom stereocenters. The van der Waals surface area contributed by atoms with Crippen LogP contribution in [0.15, 0.2) is 42.6 Å². The van der Waals surface area contributed by atoms with Crippen molar-refractivity contribution in [2.24, 2.45) is 5.73 Å². The van der Waals surface area contributed by atoms with Crippen molar-refractivity contribution in [2.45, 2.75) is 24.7 Å². The smallest absolute Gasteiger partial charge is 0.408 e. The fourth-order valence-corrected chi connectivity index (χ4v) is 4.32. The molecule has 1 aromatic carbocycles. The van der Waals surface area contributed by atoms with Crippen LogP contribution in [0.4, 0.5) is 17.6 Å². The maximum absolute atomic E-state index is 14.7. The van der Waals surface area contributed by atoms with E-state index in [1.54, 1.807) is 18.2 Å². The van der Waals surface area contributed by atoms with Crippen LogP contribution < -0.4 is 10.5 Å². The van der Waals surface area contributed by atoms with Crippen LogP contribution in [0.2, 0.25) is 0 Å². The zero-order valence-electron chi connectivity index (χ0n) is 18.4. The van der Waals surface area contributed by atoms with Gasteiger partial charge >= 0.3 is 6.18 Å². The van der Waals surface area contributed by atoms with Gasteiger partial charge in [-0.05, 0) is 36.2 Å². The zero-order chi connectivity index (χ0) is 23.3. The van der Waals surface area contributed by atoms with E-state index in [-0.39, 0.29) is 72.3 Å². The number of fused-ring (bicyclic) bond motifs is 2. The van der Waals surface area contributed by atoms with Gasteiger partial charge in [0.1, 0.15) is 17.3 Å². The van der Waals surface area contributed by atoms with Crippen LogP contribution in [0, 0.1) is 5.82 Å². The Labute approximate surface area is 210 Å². The highest BCUT2D eigenvalue weighted by Crippen LogP contribution is 2.39. The quantitative estimate of drug-likeness (QED) is 0.387. The van der Waals surface area contributed by atoms with E-state index in [0.717, 1.165) is 0 Å². The summed E-state index contributed by atoms with van der Waals surface area (Å²) in [4.78, 5) is 5.70. The maximum atomic E-state index is 14.7. The highest BCUT2D eigenvalue weighted by Gasteiger charge is 2.46. The van der Waals surface area contributed by atoms with Crippen molar-refractivity contribution in [3.8, 4) is 17.3 Å². The number of aromatic nitrogens is 4. The number of hydrogen-bond acceptors (Lipinski definition) is 6. The number of nitrogens with two attached hydrogens (primary N) is 1. The lowest BCUT2D eigenvalue weighted by Gasteiger charge is -2.30. The largest absolute Gasteiger partial charge is 0.494 e. The highest BCUT2D eigenvalue weighted by atomic mass is 35.5. The summed E-state index contributed by atoms with van der Waals surface area (Å²) in [5.41, 5.74) is 6.58. The number of methoxy groups -OCH3 is 1. The Hall–Kier alpha value is -2.73. The summed E-state index contributed by atoms with van der Waals surface area (Å²) in [6.45, 7) is 0.413. The fraction of sp³-hybridized carbons (Fsp3) is 0.318. The summed E-state index contributed by atoms with van der Waals surface area (Å²) in [7, 11) is 1.35. The number of benzene rings is 1. The van der Waals surface area contributed by atoms with Gasteiger partial charge < -0.3 is 10.5 Å². The molecular formula is C22H22Cl2F4N6O. The second kappa shape index (κ2) is 10.1. The molecule has 4 aromatic rings. The van der Waals surface area contributed by atoms with Crippen molar-refractivity contribution in [3.05, 3.63) is 54.0 Å². The first-order valence-corrected chi connectivity index (χ1v) is 10.3. The summed E-state index contributed by atoms with van der Waals surface area (Å²) >= 11 is 0. The predicted molar refractivity (Wildman–Crippen MR) is 128 cm³/mol. The lowest BCUT2D eigenvalue weighted by Crippen LogP contribution is -2.38. The van der Waals surface area contributed by atoms with Crippen molar-refractivity contribution in [1.29, 1.82) is 0 Å². The average Bonchev–Trinajstić information content (AvgIpc) is 3.39. The maximum Gasteiger partial charge on any atom is 0.408 e. The van der Waals surface area contributed by atoms with Crippen molar-refractivity contribution >= 4 is 41.4 Å². The van der Waals surface area contributed by atoms with E-state index >= 15 is 0 Å². The topological polar surface area (TPSA) is 81.6 Å². The van der Waals surface area contributed by atoms with Crippen molar-refractivity contribution in [3.63, 3.8) is 0 Å². The first kappa shape index (κ1) is 26.9. The first-order chi connectivity index (χ1) is 15.8. The number of pyridine rings is 2. The van der Waals surface area contributed by atoms with E-state index in [9.17, 15) is 17.6 Å². The number of hydrogen-bond donors (Lipinski definition) is 1. The van der Waals surface area contributed by atoms with Crippen LogP contribution in [0.5, 0.6) is 5.75 Å². The van der Waals surface area contributed by atoms with Gasteiger partial charge in [-0.15, -0.1) is 35.0 Å². The summed E-state index contributed by atoms with van der Waals surface area (Å²) in [6, 6.07) is 7.23. The van der Waals surface area contributed by atoms with E-state index in [2.05, 4.69) is 15.2 Å². The number of rotatable bonds is 4. The molecule has 7 nitrogen and oxygen atoms in total. The van der Waals surface area contributed by atoms with Gasteiger partial charge in [-0.1, -0.05) is 12.1 Å². The van der Waals surface area contributed by atoms with E-state index in [4.69, 9.17) is 10.5 Å². The molecule has 1 saturated heterocycles. The molecule has 1 aliphatic heterocycles. The summed E-state index contributed by atoms with van der Waals surface area (Å²) in [6.07, 6.45) is -2.63. The van der Waals surface area contributed by atoms with Crippen LogP contribution in [0.3, 0.4) is 0 Å². The van der Waals surface area contributed by atoms with Crippen LogP contribution in [-0.4, -0.2) is 56.9 Å². The lowest BCUT2D eigenvalue weighted by atomic mass is 10.1. The molecular weight excluding hydrogens is 511 g/mol. The Bertz CT molecular complexity index is 1350. The Morgan fingerprint density at radius 2 is 1.83 bits per heavy atom. The number of ether oxygens (including phenoxy) is 1. The van der Waals surface area contributed by atoms with Crippen LogP contribution in [0.25, 0.3) is 28.1 Å². The standard InChI is InChI=1S/C22H20F4N6O.2ClH/c1-33-16-6-3-12-2-5-15(28-19(12)18(16)23)21-30-29-17-7-4-13(10-32(17)21)20(22(24,25)26)31-9-8-14(27)11-31;;/h2-7,10,14,20H,8-9,11,27H2,1H3;2*1H/t14-,20+;;/m0../s1.